The Balaban J connectivity index is 1.71. The number of benzene rings is 2. The van der Waals surface area contributed by atoms with Gasteiger partial charge in [-0.15, -0.1) is 11.8 Å². The normalized spacial score (nSPS) is 14.2. The number of esters is 1. The maximum absolute atomic E-state index is 11.4. The standard InChI is InChI=1S/C30H38O2S/c1-5-25-22-28-27(30(6-2,7-3)19-20-33-28)21-26(25)18-17-24-15-13-23(14-16-24)11-9-10-12-29(31)32-8-4/h13-16,21-22H,5-12,19-20H2,1-4H3. The second kappa shape index (κ2) is 12.3. The average Bonchev–Trinajstić information content (AvgIpc) is 2.85. The molecule has 1 heterocycles. The topological polar surface area (TPSA) is 26.3 Å². The van der Waals surface area contributed by atoms with Crippen molar-refractivity contribution in [3.8, 4) is 11.8 Å². The minimum absolute atomic E-state index is 0.0922. The fourth-order valence-corrected chi connectivity index (χ4v) is 6.14. The van der Waals surface area contributed by atoms with Crippen LogP contribution in [0.25, 0.3) is 0 Å². The van der Waals surface area contributed by atoms with E-state index in [9.17, 15) is 4.79 Å². The Bertz CT molecular complexity index is 990. The van der Waals surface area contributed by atoms with Crippen molar-refractivity contribution in [2.24, 2.45) is 0 Å². The van der Waals surface area contributed by atoms with Crippen molar-refractivity contribution in [2.75, 3.05) is 12.4 Å². The van der Waals surface area contributed by atoms with Crippen molar-refractivity contribution >= 4 is 17.7 Å². The highest BCUT2D eigenvalue weighted by Crippen LogP contribution is 2.46. The highest BCUT2D eigenvalue weighted by molar-refractivity contribution is 7.99. The molecule has 0 bridgehead atoms. The van der Waals surface area contributed by atoms with E-state index in [2.05, 4.69) is 69.0 Å². The van der Waals surface area contributed by atoms with Gasteiger partial charge in [-0.3, -0.25) is 4.79 Å². The highest BCUT2D eigenvalue weighted by Gasteiger charge is 2.34. The molecule has 176 valence electrons. The zero-order chi connectivity index (χ0) is 23.7. The molecule has 0 N–H and O–H groups in total. The van der Waals surface area contributed by atoms with Gasteiger partial charge < -0.3 is 4.74 Å². The zero-order valence-corrected chi connectivity index (χ0v) is 21.6. The maximum atomic E-state index is 11.4. The van der Waals surface area contributed by atoms with Gasteiger partial charge in [0, 0.05) is 22.4 Å². The van der Waals surface area contributed by atoms with Gasteiger partial charge in [0.05, 0.1) is 6.61 Å². The minimum Gasteiger partial charge on any atom is -0.466 e. The molecule has 0 unspecified atom stereocenters. The molecule has 0 radical (unpaired) electrons. The summed E-state index contributed by atoms with van der Waals surface area (Å²) in [6.45, 7) is 9.20. The van der Waals surface area contributed by atoms with Crippen LogP contribution in [-0.4, -0.2) is 18.3 Å². The van der Waals surface area contributed by atoms with Gasteiger partial charge >= 0.3 is 5.97 Å². The Morgan fingerprint density at radius 1 is 1.03 bits per heavy atom. The van der Waals surface area contributed by atoms with Crippen LogP contribution in [0.15, 0.2) is 41.3 Å². The predicted molar refractivity (Wildman–Crippen MR) is 140 cm³/mol. The van der Waals surface area contributed by atoms with Crippen LogP contribution in [0.1, 0.15) is 94.0 Å². The van der Waals surface area contributed by atoms with E-state index in [-0.39, 0.29) is 5.97 Å². The highest BCUT2D eigenvalue weighted by atomic mass is 32.2. The van der Waals surface area contributed by atoms with Crippen LogP contribution in [0.5, 0.6) is 0 Å². The zero-order valence-electron chi connectivity index (χ0n) is 20.8. The third-order valence-corrected chi connectivity index (χ3v) is 8.10. The number of hydrogen-bond donors (Lipinski definition) is 0. The lowest BCUT2D eigenvalue weighted by Crippen LogP contribution is -2.29. The Morgan fingerprint density at radius 3 is 2.45 bits per heavy atom. The van der Waals surface area contributed by atoms with Gasteiger partial charge in [0.1, 0.15) is 0 Å². The van der Waals surface area contributed by atoms with Crippen LogP contribution in [0, 0.1) is 11.8 Å². The van der Waals surface area contributed by atoms with E-state index in [1.807, 2.05) is 18.7 Å². The molecule has 2 nitrogen and oxygen atoms in total. The van der Waals surface area contributed by atoms with E-state index >= 15 is 0 Å². The quantitative estimate of drug-likeness (QED) is 0.219. The monoisotopic (exact) mass is 462 g/mol. The number of thioether (sulfide) groups is 1. The summed E-state index contributed by atoms with van der Waals surface area (Å²) in [5.74, 6) is 8.04. The first-order valence-corrected chi connectivity index (χ1v) is 13.6. The van der Waals surface area contributed by atoms with Gasteiger partial charge in [-0.2, -0.15) is 0 Å². The number of unbranched alkanes of at least 4 members (excludes halogenated alkanes) is 1. The van der Waals surface area contributed by atoms with E-state index in [4.69, 9.17) is 4.74 Å². The molecule has 0 saturated heterocycles. The second-order valence-corrected chi connectivity index (χ2v) is 10.0. The molecule has 2 aromatic carbocycles. The third kappa shape index (κ3) is 6.45. The van der Waals surface area contributed by atoms with E-state index in [0.29, 0.717) is 18.4 Å². The summed E-state index contributed by atoms with van der Waals surface area (Å²) in [5, 5.41) is 0. The molecule has 3 heteroatoms. The number of rotatable bonds is 9. The predicted octanol–water partition coefficient (Wildman–Crippen LogP) is 7.48. The second-order valence-electron chi connectivity index (χ2n) is 8.90. The van der Waals surface area contributed by atoms with Crippen molar-refractivity contribution in [3.63, 3.8) is 0 Å². The molecule has 0 fully saturated rings. The van der Waals surface area contributed by atoms with Gasteiger partial charge in [0.2, 0.25) is 0 Å². The van der Waals surface area contributed by atoms with Crippen molar-refractivity contribution in [3.05, 3.63) is 64.2 Å². The van der Waals surface area contributed by atoms with Gasteiger partial charge in [-0.25, -0.2) is 0 Å². The summed E-state index contributed by atoms with van der Waals surface area (Å²) < 4.78 is 4.99. The molecule has 3 rings (SSSR count). The fraction of sp³-hybridized carbons (Fsp3) is 0.500. The van der Waals surface area contributed by atoms with Crippen LogP contribution in [0.4, 0.5) is 0 Å². The number of fused-ring (bicyclic) bond motifs is 1. The van der Waals surface area contributed by atoms with Crippen LogP contribution in [0.3, 0.4) is 0 Å². The maximum Gasteiger partial charge on any atom is 0.305 e. The molecular formula is C30H38O2S. The summed E-state index contributed by atoms with van der Waals surface area (Å²) in [4.78, 5) is 12.9. The Labute approximate surface area is 204 Å². The van der Waals surface area contributed by atoms with Crippen molar-refractivity contribution < 1.29 is 9.53 Å². The lowest BCUT2D eigenvalue weighted by atomic mass is 9.72. The summed E-state index contributed by atoms with van der Waals surface area (Å²) in [6, 6.07) is 13.4. The van der Waals surface area contributed by atoms with E-state index < -0.39 is 0 Å². The first-order valence-electron chi connectivity index (χ1n) is 12.6. The number of carbonyl (C=O) groups is 1. The van der Waals surface area contributed by atoms with Gasteiger partial charge in [-0.05, 0) is 104 Å². The Morgan fingerprint density at radius 2 is 1.79 bits per heavy atom. The third-order valence-electron chi connectivity index (χ3n) is 7.05. The molecule has 1 aliphatic heterocycles. The first kappa shape index (κ1) is 25.4. The first-order chi connectivity index (χ1) is 16.0. The number of hydrogen-bond acceptors (Lipinski definition) is 3. The molecule has 0 spiro atoms. The number of ether oxygens (including phenoxy) is 1. The van der Waals surface area contributed by atoms with Crippen LogP contribution in [-0.2, 0) is 27.8 Å². The lowest BCUT2D eigenvalue weighted by molar-refractivity contribution is -0.143. The van der Waals surface area contributed by atoms with Crippen molar-refractivity contribution in [1.82, 2.24) is 0 Å². The summed E-state index contributed by atoms with van der Waals surface area (Å²) >= 11 is 2.01. The molecule has 2 aromatic rings. The number of carbonyl (C=O) groups excluding carboxylic acids is 1. The van der Waals surface area contributed by atoms with Crippen molar-refractivity contribution in [2.45, 2.75) is 89.4 Å². The molecule has 0 aliphatic carbocycles. The summed E-state index contributed by atoms with van der Waals surface area (Å²) in [7, 11) is 0. The summed E-state index contributed by atoms with van der Waals surface area (Å²) in [6.07, 6.45) is 8.00. The molecule has 1 aliphatic rings. The Kier molecular flexibility index (Phi) is 9.51. The van der Waals surface area contributed by atoms with Crippen LogP contribution < -0.4 is 0 Å². The van der Waals surface area contributed by atoms with E-state index in [1.165, 1.54) is 52.2 Å². The molecule has 33 heavy (non-hydrogen) atoms. The molecule has 0 amide bonds. The Hall–Kier alpha value is -2.18. The number of aryl methyl sites for hydroxylation is 2. The SMILES string of the molecule is CCOC(=O)CCCCc1ccc(C#Cc2cc3c(cc2CC)SCCC3(CC)CC)cc1. The van der Waals surface area contributed by atoms with Gasteiger partial charge in [-0.1, -0.05) is 44.7 Å². The minimum atomic E-state index is -0.0922. The molecule has 0 atom stereocenters. The average molecular weight is 463 g/mol. The van der Waals surface area contributed by atoms with E-state index in [1.54, 1.807) is 0 Å². The van der Waals surface area contributed by atoms with Crippen molar-refractivity contribution in [1.29, 1.82) is 0 Å². The lowest BCUT2D eigenvalue weighted by Gasteiger charge is -2.38. The van der Waals surface area contributed by atoms with Gasteiger partial charge in [0.15, 0.2) is 0 Å². The molecular weight excluding hydrogens is 424 g/mol. The van der Waals surface area contributed by atoms with E-state index in [0.717, 1.165) is 31.2 Å². The van der Waals surface area contributed by atoms with Gasteiger partial charge in [0.25, 0.3) is 0 Å². The smallest absolute Gasteiger partial charge is 0.305 e. The molecule has 0 saturated carbocycles. The molecule has 0 aromatic heterocycles. The summed E-state index contributed by atoms with van der Waals surface area (Å²) in [5.41, 5.74) is 6.71. The van der Waals surface area contributed by atoms with Crippen LogP contribution >= 0.6 is 11.8 Å². The fourth-order valence-electron chi connectivity index (χ4n) is 4.77. The largest absolute Gasteiger partial charge is 0.466 e. The van der Waals surface area contributed by atoms with Crippen LogP contribution in [0.2, 0.25) is 0 Å².